The average Bonchev–Trinajstić information content (AvgIpc) is 2.21. The standard InChI is InChI=1S/C12H13ClO/c1-2-14-12-9-4-3-7-11(12)8-5-6-10-13/h3-4,7,9H,2,6,10H2,1H3. The minimum Gasteiger partial charge on any atom is -0.493 e. The number of para-hydroxylation sites is 1. The Morgan fingerprint density at radius 2 is 2.14 bits per heavy atom. The monoisotopic (exact) mass is 208 g/mol. The highest BCUT2D eigenvalue weighted by Gasteiger charge is 1.97. The van der Waals surface area contributed by atoms with Crippen molar-refractivity contribution in [3.63, 3.8) is 0 Å². The smallest absolute Gasteiger partial charge is 0.134 e. The van der Waals surface area contributed by atoms with Crippen LogP contribution in [0.15, 0.2) is 24.3 Å². The number of rotatable bonds is 3. The summed E-state index contributed by atoms with van der Waals surface area (Å²) in [5, 5.41) is 0. The molecule has 0 bridgehead atoms. The van der Waals surface area contributed by atoms with Gasteiger partial charge < -0.3 is 4.74 Å². The molecule has 74 valence electrons. The topological polar surface area (TPSA) is 9.23 Å². The Morgan fingerprint density at radius 3 is 2.86 bits per heavy atom. The van der Waals surface area contributed by atoms with Crippen LogP contribution in [-0.4, -0.2) is 12.5 Å². The molecule has 0 aliphatic heterocycles. The molecule has 2 heteroatoms. The normalized spacial score (nSPS) is 9.00. The zero-order chi connectivity index (χ0) is 10.2. The molecule has 0 fully saturated rings. The number of benzene rings is 1. The first-order chi connectivity index (χ1) is 6.88. The molecule has 1 aromatic carbocycles. The first-order valence-corrected chi connectivity index (χ1v) is 5.18. The van der Waals surface area contributed by atoms with E-state index in [-0.39, 0.29) is 0 Å². The van der Waals surface area contributed by atoms with E-state index in [0.29, 0.717) is 18.9 Å². The van der Waals surface area contributed by atoms with Gasteiger partial charge in [-0.15, -0.1) is 11.6 Å². The van der Waals surface area contributed by atoms with Gasteiger partial charge in [0, 0.05) is 12.3 Å². The minimum absolute atomic E-state index is 0.573. The van der Waals surface area contributed by atoms with E-state index in [9.17, 15) is 0 Å². The molecule has 0 aliphatic rings. The van der Waals surface area contributed by atoms with Crippen molar-refractivity contribution < 1.29 is 4.74 Å². The molecule has 0 aliphatic carbocycles. The molecule has 0 aromatic heterocycles. The molecule has 0 saturated carbocycles. The number of alkyl halides is 1. The van der Waals surface area contributed by atoms with Crippen LogP contribution < -0.4 is 4.74 Å². The lowest BCUT2D eigenvalue weighted by molar-refractivity contribution is 0.339. The van der Waals surface area contributed by atoms with E-state index in [4.69, 9.17) is 16.3 Å². The van der Waals surface area contributed by atoms with E-state index in [2.05, 4.69) is 11.8 Å². The molecule has 0 N–H and O–H groups in total. The predicted octanol–water partition coefficient (Wildman–Crippen LogP) is 3.07. The second kappa shape index (κ2) is 6.34. The summed E-state index contributed by atoms with van der Waals surface area (Å²) >= 11 is 5.53. The minimum atomic E-state index is 0.573. The molecule has 14 heavy (non-hydrogen) atoms. The molecule has 0 amide bonds. The van der Waals surface area contributed by atoms with Gasteiger partial charge in [0.1, 0.15) is 5.75 Å². The predicted molar refractivity (Wildman–Crippen MR) is 59.8 cm³/mol. The highest BCUT2D eigenvalue weighted by molar-refractivity contribution is 6.18. The van der Waals surface area contributed by atoms with E-state index in [1.807, 2.05) is 31.2 Å². The van der Waals surface area contributed by atoms with Gasteiger partial charge in [-0.1, -0.05) is 24.0 Å². The van der Waals surface area contributed by atoms with Crippen LogP contribution in [0.25, 0.3) is 0 Å². The van der Waals surface area contributed by atoms with E-state index in [0.717, 1.165) is 11.3 Å². The molecule has 0 atom stereocenters. The lowest BCUT2D eigenvalue weighted by atomic mass is 10.2. The average molecular weight is 209 g/mol. The number of hydrogen-bond donors (Lipinski definition) is 0. The Balaban J connectivity index is 2.80. The second-order valence-corrected chi connectivity index (χ2v) is 3.05. The molecule has 0 heterocycles. The van der Waals surface area contributed by atoms with Crippen LogP contribution in [0.1, 0.15) is 18.9 Å². The Hall–Kier alpha value is -1.13. The summed E-state index contributed by atoms with van der Waals surface area (Å²) in [6.07, 6.45) is 0.710. The van der Waals surface area contributed by atoms with Crippen molar-refractivity contribution in [2.24, 2.45) is 0 Å². The van der Waals surface area contributed by atoms with E-state index >= 15 is 0 Å². The van der Waals surface area contributed by atoms with Gasteiger partial charge in [0.05, 0.1) is 12.2 Å². The summed E-state index contributed by atoms with van der Waals surface area (Å²) in [6, 6.07) is 7.77. The fraction of sp³-hybridized carbons (Fsp3) is 0.333. The van der Waals surface area contributed by atoms with Crippen LogP contribution in [0.2, 0.25) is 0 Å². The van der Waals surface area contributed by atoms with Crippen molar-refractivity contribution in [3.05, 3.63) is 29.8 Å². The van der Waals surface area contributed by atoms with Gasteiger partial charge in [-0.05, 0) is 19.1 Å². The molecule has 0 spiro atoms. The lowest BCUT2D eigenvalue weighted by Gasteiger charge is -2.04. The Morgan fingerprint density at radius 1 is 1.36 bits per heavy atom. The summed E-state index contributed by atoms with van der Waals surface area (Å²) in [5.74, 6) is 7.45. The third-order valence-corrected chi connectivity index (χ3v) is 1.82. The quantitative estimate of drug-likeness (QED) is 0.548. The molecule has 0 radical (unpaired) electrons. The fourth-order valence-electron chi connectivity index (χ4n) is 1.06. The third-order valence-electron chi connectivity index (χ3n) is 1.63. The van der Waals surface area contributed by atoms with E-state index in [1.54, 1.807) is 0 Å². The zero-order valence-electron chi connectivity index (χ0n) is 8.22. The zero-order valence-corrected chi connectivity index (χ0v) is 8.97. The second-order valence-electron chi connectivity index (χ2n) is 2.67. The first-order valence-electron chi connectivity index (χ1n) is 4.65. The molecule has 1 aromatic rings. The summed E-state index contributed by atoms with van der Waals surface area (Å²) in [5.41, 5.74) is 0.930. The first kappa shape index (κ1) is 10.9. The van der Waals surface area contributed by atoms with Crippen molar-refractivity contribution in [1.82, 2.24) is 0 Å². The lowest BCUT2D eigenvalue weighted by Crippen LogP contribution is -1.93. The molecular weight excluding hydrogens is 196 g/mol. The largest absolute Gasteiger partial charge is 0.493 e. The van der Waals surface area contributed by atoms with Crippen LogP contribution >= 0.6 is 11.6 Å². The van der Waals surface area contributed by atoms with Crippen molar-refractivity contribution >= 4 is 11.6 Å². The maximum Gasteiger partial charge on any atom is 0.134 e. The third kappa shape index (κ3) is 3.32. The van der Waals surface area contributed by atoms with Gasteiger partial charge in [-0.25, -0.2) is 0 Å². The van der Waals surface area contributed by atoms with E-state index in [1.165, 1.54) is 0 Å². The Labute approximate surface area is 90.0 Å². The van der Waals surface area contributed by atoms with Crippen molar-refractivity contribution in [1.29, 1.82) is 0 Å². The van der Waals surface area contributed by atoms with Crippen LogP contribution in [0.4, 0.5) is 0 Å². The van der Waals surface area contributed by atoms with Crippen molar-refractivity contribution in [2.45, 2.75) is 13.3 Å². The van der Waals surface area contributed by atoms with Gasteiger partial charge in [-0.2, -0.15) is 0 Å². The molecule has 1 nitrogen and oxygen atoms in total. The highest BCUT2D eigenvalue weighted by atomic mass is 35.5. The summed E-state index contributed by atoms with van der Waals surface area (Å²) in [4.78, 5) is 0. The van der Waals surface area contributed by atoms with Crippen LogP contribution in [-0.2, 0) is 0 Å². The maximum absolute atomic E-state index is 5.53. The Kier molecular flexibility index (Phi) is 4.96. The van der Waals surface area contributed by atoms with Crippen molar-refractivity contribution in [3.8, 4) is 17.6 Å². The van der Waals surface area contributed by atoms with Gasteiger partial charge >= 0.3 is 0 Å². The summed E-state index contributed by atoms with van der Waals surface area (Å²) in [6.45, 7) is 2.62. The Bertz CT molecular complexity index is 336. The van der Waals surface area contributed by atoms with Gasteiger partial charge in [-0.3, -0.25) is 0 Å². The van der Waals surface area contributed by atoms with Crippen LogP contribution in [0.5, 0.6) is 5.75 Å². The SMILES string of the molecule is CCOc1ccccc1C#CCCCl. The van der Waals surface area contributed by atoms with Crippen molar-refractivity contribution in [2.75, 3.05) is 12.5 Å². The highest BCUT2D eigenvalue weighted by Crippen LogP contribution is 2.16. The molecular formula is C12H13ClO. The molecule has 1 rings (SSSR count). The number of ether oxygens (including phenoxy) is 1. The summed E-state index contributed by atoms with van der Waals surface area (Å²) in [7, 11) is 0. The molecule has 0 saturated heterocycles. The fourth-order valence-corrected chi connectivity index (χ4v) is 1.15. The summed E-state index contributed by atoms with van der Waals surface area (Å²) < 4.78 is 5.43. The molecule has 0 unspecified atom stereocenters. The van der Waals surface area contributed by atoms with Crippen LogP contribution in [0, 0.1) is 11.8 Å². The van der Waals surface area contributed by atoms with Crippen LogP contribution in [0.3, 0.4) is 0 Å². The number of halogens is 1. The van der Waals surface area contributed by atoms with Gasteiger partial charge in [0.15, 0.2) is 0 Å². The number of hydrogen-bond acceptors (Lipinski definition) is 1. The van der Waals surface area contributed by atoms with E-state index < -0.39 is 0 Å². The van der Waals surface area contributed by atoms with Gasteiger partial charge in [0.25, 0.3) is 0 Å². The van der Waals surface area contributed by atoms with Gasteiger partial charge in [0.2, 0.25) is 0 Å². The maximum atomic E-state index is 5.53.